The van der Waals surface area contributed by atoms with Crippen molar-refractivity contribution in [3.8, 4) is 0 Å². The highest BCUT2D eigenvalue weighted by molar-refractivity contribution is 7.90. The molecule has 0 fully saturated rings. The van der Waals surface area contributed by atoms with E-state index in [0.717, 1.165) is 0 Å². The van der Waals surface area contributed by atoms with Gasteiger partial charge in [0, 0.05) is 0 Å². The fraction of sp³-hybridized carbons (Fsp3) is 0.750. The molecule has 0 aromatic carbocycles. The number of hydrogen-bond donors (Lipinski definition) is 0. The van der Waals surface area contributed by atoms with Crippen molar-refractivity contribution in [2.45, 2.75) is 24.9 Å². The van der Waals surface area contributed by atoms with Gasteiger partial charge in [-0.1, -0.05) is 0 Å². The molecule has 0 amide bonds. The van der Waals surface area contributed by atoms with E-state index in [-0.39, 0.29) is 0 Å². The zero-order chi connectivity index (χ0) is 18.0. The molecular weight excluding hydrogens is 355 g/mol. The van der Waals surface area contributed by atoms with Gasteiger partial charge in [0.2, 0.25) is 0 Å². The summed E-state index contributed by atoms with van der Waals surface area (Å²) in [5.74, 6) is -18.8. The Morgan fingerprint density at radius 2 is 1.59 bits per heavy atom. The van der Waals surface area contributed by atoms with Crippen molar-refractivity contribution in [2.24, 2.45) is 4.40 Å². The maximum Gasteiger partial charge on any atom is 0.460 e. The highest BCUT2D eigenvalue weighted by Crippen LogP contribution is 2.46. The van der Waals surface area contributed by atoms with Crippen LogP contribution in [-0.4, -0.2) is 50.7 Å². The molecule has 0 bridgehead atoms. The molecule has 0 aliphatic carbocycles. The third-order valence-electron chi connectivity index (χ3n) is 1.85. The maximum absolute atomic E-state index is 12.7. The highest BCUT2D eigenvalue weighted by Gasteiger charge is 2.77. The monoisotopic (exact) mass is 362 g/mol. The number of halogens is 7. The van der Waals surface area contributed by atoms with Crippen LogP contribution in [0.3, 0.4) is 0 Å². The van der Waals surface area contributed by atoms with E-state index in [2.05, 4.69) is 9.13 Å². The number of carbonyl (C=O) groups is 1. The van der Waals surface area contributed by atoms with Gasteiger partial charge in [0.15, 0.2) is 0 Å². The number of ether oxygens (including phenoxy) is 1. The highest BCUT2D eigenvalue weighted by atomic mass is 32.2. The molecule has 6 nitrogen and oxygen atoms in total. The molecule has 0 rings (SSSR count). The van der Waals surface area contributed by atoms with Crippen LogP contribution < -0.4 is 5.11 Å². The van der Waals surface area contributed by atoms with Crippen LogP contribution in [0.5, 0.6) is 0 Å². The minimum atomic E-state index is -6.73. The summed E-state index contributed by atoms with van der Waals surface area (Å²) in [4.78, 5) is 10.6. The number of sulfonamides is 1. The van der Waals surface area contributed by atoms with Crippen molar-refractivity contribution < 1.29 is 53.8 Å². The molecule has 0 spiro atoms. The molecule has 0 N–H and O–H groups in total. The molecule has 22 heavy (non-hydrogen) atoms. The first-order valence-electron chi connectivity index (χ1n) is 5.00. The van der Waals surface area contributed by atoms with E-state index < -0.39 is 52.3 Å². The first-order chi connectivity index (χ1) is 9.54. The number of hydrogen-bond acceptors (Lipinski definition) is 5. The Morgan fingerprint density at radius 1 is 1.14 bits per heavy atom. The number of rotatable bonds is 6. The molecule has 0 aliphatic rings. The van der Waals surface area contributed by atoms with Gasteiger partial charge in [-0.15, -0.1) is 0 Å². The van der Waals surface area contributed by atoms with Crippen LogP contribution in [0.1, 0.15) is 6.92 Å². The number of nitrogens with zero attached hydrogens (tertiary/aromatic N) is 1. The van der Waals surface area contributed by atoms with E-state index in [1.165, 1.54) is 0 Å². The van der Waals surface area contributed by atoms with Crippen molar-refractivity contribution in [1.82, 2.24) is 0 Å². The van der Waals surface area contributed by atoms with Crippen molar-refractivity contribution in [3.05, 3.63) is 0 Å². The van der Waals surface area contributed by atoms with Gasteiger partial charge < -0.3 is 9.84 Å². The summed E-state index contributed by atoms with van der Waals surface area (Å²) >= 11 is 0. The molecule has 14 heteroatoms. The summed E-state index contributed by atoms with van der Waals surface area (Å²) in [6.07, 6.45) is -6.73. The Labute approximate surface area is 118 Å². The molecule has 0 heterocycles. The third kappa shape index (κ3) is 4.71. The van der Waals surface area contributed by atoms with Gasteiger partial charge in [0.1, 0.15) is 12.4 Å². The molecule has 0 aromatic rings. The predicted molar refractivity (Wildman–Crippen MR) is 53.8 cm³/mol. The lowest BCUT2D eigenvalue weighted by Gasteiger charge is -2.26. The van der Waals surface area contributed by atoms with E-state index in [4.69, 9.17) is 0 Å². The summed E-state index contributed by atoms with van der Waals surface area (Å²) in [6, 6.07) is 0. The largest absolute Gasteiger partial charge is 0.861 e. The smallest absolute Gasteiger partial charge is 0.460 e. The Morgan fingerprint density at radius 3 is 1.95 bits per heavy atom. The zero-order valence-corrected chi connectivity index (χ0v) is 11.3. The zero-order valence-electron chi connectivity index (χ0n) is 10.5. The van der Waals surface area contributed by atoms with Crippen molar-refractivity contribution in [2.75, 3.05) is 12.4 Å². The van der Waals surface area contributed by atoms with E-state index >= 15 is 0 Å². The van der Waals surface area contributed by atoms with E-state index in [1.807, 2.05) is 0 Å². The van der Waals surface area contributed by atoms with Crippen LogP contribution in [0, 0.1) is 0 Å². The van der Waals surface area contributed by atoms with Crippen LogP contribution in [0.4, 0.5) is 30.7 Å². The minimum absolute atomic E-state index is 0.710. The Bertz CT molecular complexity index is 550. The van der Waals surface area contributed by atoms with E-state index in [1.54, 1.807) is 0 Å². The van der Waals surface area contributed by atoms with Gasteiger partial charge >= 0.3 is 24.0 Å². The Hall–Kier alpha value is -1.60. The summed E-state index contributed by atoms with van der Waals surface area (Å²) in [5.41, 5.74) is 0. The second-order valence-corrected chi connectivity index (χ2v) is 5.43. The SMILES string of the molecule is C/C([O-])=N/S(=O)(=O)CCOC(=O)C(F)(F)C(F)(F)C(F)(F)F. The molecule has 130 valence electrons. The minimum Gasteiger partial charge on any atom is -0.861 e. The van der Waals surface area contributed by atoms with Crippen LogP contribution in [0.25, 0.3) is 0 Å². The van der Waals surface area contributed by atoms with Crippen molar-refractivity contribution >= 4 is 21.9 Å². The molecule has 0 aliphatic heterocycles. The normalized spacial score (nSPS) is 14.8. The van der Waals surface area contributed by atoms with Gasteiger partial charge in [0.25, 0.3) is 10.0 Å². The lowest BCUT2D eigenvalue weighted by atomic mass is 10.1. The van der Waals surface area contributed by atoms with Crippen LogP contribution in [-0.2, 0) is 19.6 Å². The molecule has 0 saturated carbocycles. The fourth-order valence-electron chi connectivity index (χ4n) is 0.878. The number of esters is 1. The summed E-state index contributed by atoms with van der Waals surface area (Å²) in [6.45, 7) is -0.789. The van der Waals surface area contributed by atoms with Gasteiger partial charge in [-0.25, -0.2) is 13.2 Å². The molecule has 0 radical (unpaired) electrons. The average molecular weight is 362 g/mol. The van der Waals surface area contributed by atoms with Crippen molar-refractivity contribution in [3.63, 3.8) is 0 Å². The third-order valence-corrected chi connectivity index (χ3v) is 3.07. The van der Waals surface area contributed by atoms with Crippen LogP contribution in [0.2, 0.25) is 0 Å². The Balaban J connectivity index is 4.92. The maximum atomic E-state index is 12.7. The van der Waals surface area contributed by atoms with E-state index in [0.29, 0.717) is 6.92 Å². The summed E-state index contributed by atoms with van der Waals surface area (Å²) < 4.78 is 113. The van der Waals surface area contributed by atoms with E-state index in [9.17, 15) is 49.1 Å². The molecule has 0 aromatic heterocycles. The standard InChI is InChI=1S/C8H8F7NO5S/c1-4(17)16-22(19,20)3-2-21-5(18)6(9,10)7(11,12)8(13,14)15/h2-3H2,1H3,(H,16,17)/p-1. The molecule has 0 saturated heterocycles. The number of alkyl halides is 7. The Kier molecular flexibility index (Phi) is 5.80. The quantitative estimate of drug-likeness (QED) is 0.296. The number of carbonyl (C=O) groups excluding carboxylic acids is 1. The van der Waals surface area contributed by atoms with Gasteiger partial charge in [0.05, 0.1) is 0 Å². The van der Waals surface area contributed by atoms with Crippen LogP contribution in [0.15, 0.2) is 4.40 Å². The van der Waals surface area contributed by atoms with Gasteiger partial charge in [-0.3, -0.25) is 0 Å². The van der Waals surface area contributed by atoms with Crippen molar-refractivity contribution in [1.29, 1.82) is 0 Å². The van der Waals surface area contributed by atoms with Gasteiger partial charge in [-0.05, 0) is 12.8 Å². The fourth-order valence-corrected chi connectivity index (χ4v) is 1.65. The second kappa shape index (κ2) is 6.26. The lowest BCUT2D eigenvalue weighted by molar-refractivity contribution is -0.348. The molecular formula is C8H7F7NO5S-. The first-order valence-corrected chi connectivity index (χ1v) is 6.61. The second-order valence-electron chi connectivity index (χ2n) is 3.68. The predicted octanol–water partition coefficient (Wildman–Crippen LogP) is 0.471. The molecule has 0 atom stereocenters. The first kappa shape index (κ1) is 20.4. The average Bonchev–Trinajstić information content (AvgIpc) is 2.24. The van der Waals surface area contributed by atoms with Gasteiger partial charge in [-0.2, -0.15) is 35.1 Å². The molecule has 0 unspecified atom stereocenters. The lowest BCUT2D eigenvalue weighted by Crippen LogP contribution is -2.56. The summed E-state index contributed by atoms with van der Waals surface area (Å²) in [7, 11) is -4.54. The topological polar surface area (TPSA) is 95.9 Å². The summed E-state index contributed by atoms with van der Waals surface area (Å²) in [5, 5.41) is 10.4. The van der Waals surface area contributed by atoms with Crippen LogP contribution >= 0.6 is 0 Å².